The van der Waals surface area contributed by atoms with Crippen molar-refractivity contribution in [2.24, 2.45) is 0 Å². The minimum absolute atomic E-state index is 0.202. The lowest BCUT2D eigenvalue weighted by atomic mass is 10.1. The topological polar surface area (TPSA) is 67.8 Å². The summed E-state index contributed by atoms with van der Waals surface area (Å²) in [6.45, 7) is 4.62. The third-order valence-corrected chi connectivity index (χ3v) is 3.06. The number of aliphatic carboxylic acids is 1. The van der Waals surface area contributed by atoms with Crippen LogP contribution in [0.1, 0.15) is 24.0 Å². The standard InChI is InChI=1S/C14H19NO4/c1-10-7-12-13(19-6-5-18-12)8-11(10)9-15-4-2-3-14(16)17/h7-8,15H,2-6,9H2,1H3,(H,16,17). The molecule has 19 heavy (non-hydrogen) atoms. The molecule has 0 atom stereocenters. The van der Waals surface area contributed by atoms with Gasteiger partial charge < -0.3 is 19.9 Å². The summed E-state index contributed by atoms with van der Waals surface area (Å²) in [5, 5.41) is 11.8. The van der Waals surface area contributed by atoms with Crippen molar-refractivity contribution in [2.45, 2.75) is 26.3 Å². The van der Waals surface area contributed by atoms with Crippen molar-refractivity contribution in [3.05, 3.63) is 23.3 Å². The van der Waals surface area contributed by atoms with E-state index < -0.39 is 5.97 Å². The predicted octanol–water partition coefficient (Wildman–Crippen LogP) is 1.72. The Hall–Kier alpha value is -1.75. The van der Waals surface area contributed by atoms with Gasteiger partial charge in [-0.25, -0.2) is 0 Å². The summed E-state index contributed by atoms with van der Waals surface area (Å²) in [5.74, 6) is 0.842. The fraction of sp³-hybridized carbons (Fsp3) is 0.500. The smallest absolute Gasteiger partial charge is 0.303 e. The van der Waals surface area contributed by atoms with Gasteiger partial charge in [0.25, 0.3) is 0 Å². The second-order valence-electron chi connectivity index (χ2n) is 4.60. The molecule has 0 fully saturated rings. The van der Waals surface area contributed by atoms with Crippen molar-refractivity contribution >= 4 is 5.97 Å². The van der Waals surface area contributed by atoms with Crippen LogP contribution in [0.3, 0.4) is 0 Å². The molecule has 1 aliphatic heterocycles. The Labute approximate surface area is 112 Å². The van der Waals surface area contributed by atoms with Crippen molar-refractivity contribution in [2.75, 3.05) is 19.8 Å². The van der Waals surface area contributed by atoms with Gasteiger partial charge in [-0.05, 0) is 43.1 Å². The van der Waals surface area contributed by atoms with Gasteiger partial charge in [-0.15, -0.1) is 0 Å². The van der Waals surface area contributed by atoms with Crippen molar-refractivity contribution in [1.82, 2.24) is 5.32 Å². The first-order valence-corrected chi connectivity index (χ1v) is 6.48. The van der Waals surface area contributed by atoms with Crippen molar-refractivity contribution in [3.63, 3.8) is 0 Å². The van der Waals surface area contributed by atoms with Gasteiger partial charge in [0.05, 0.1) is 0 Å². The number of hydrogen-bond acceptors (Lipinski definition) is 4. The summed E-state index contributed by atoms with van der Waals surface area (Å²) in [4.78, 5) is 10.4. The molecule has 0 bridgehead atoms. The normalized spacial score (nSPS) is 13.3. The van der Waals surface area contributed by atoms with Crippen LogP contribution in [0.15, 0.2) is 12.1 Å². The van der Waals surface area contributed by atoms with Gasteiger partial charge in [0.2, 0.25) is 0 Å². The van der Waals surface area contributed by atoms with Crippen LogP contribution in [0.25, 0.3) is 0 Å². The zero-order valence-corrected chi connectivity index (χ0v) is 11.1. The molecule has 0 aromatic heterocycles. The molecule has 2 N–H and O–H groups in total. The fourth-order valence-electron chi connectivity index (χ4n) is 2.01. The molecule has 1 aromatic carbocycles. The Morgan fingerprint density at radius 3 is 2.68 bits per heavy atom. The minimum Gasteiger partial charge on any atom is -0.486 e. The Balaban J connectivity index is 1.88. The third kappa shape index (κ3) is 3.86. The number of hydrogen-bond donors (Lipinski definition) is 2. The van der Waals surface area contributed by atoms with Gasteiger partial charge in [0.15, 0.2) is 11.5 Å². The Morgan fingerprint density at radius 1 is 1.32 bits per heavy atom. The van der Waals surface area contributed by atoms with Gasteiger partial charge in [-0.3, -0.25) is 4.79 Å². The summed E-state index contributed by atoms with van der Waals surface area (Å²) >= 11 is 0. The van der Waals surface area contributed by atoms with Gasteiger partial charge >= 0.3 is 5.97 Å². The summed E-state index contributed by atoms with van der Waals surface area (Å²) in [6, 6.07) is 3.98. The highest BCUT2D eigenvalue weighted by molar-refractivity contribution is 5.66. The van der Waals surface area contributed by atoms with Crippen LogP contribution in [-0.4, -0.2) is 30.8 Å². The van der Waals surface area contributed by atoms with Crippen molar-refractivity contribution in [3.8, 4) is 11.5 Å². The molecule has 5 heteroatoms. The van der Waals surface area contributed by atoms with Crippen LogP contribution in [0, 0.1) is 6.92 Å². The zero-order valence-electron chi connectivity index (χ0n) is 11.1. The molecular formula is C14H19NO4. The number of nitrogens with one attached hydrogen (secondary N) is 1. The average molecular weight is 265 g/mol. The van der Waals surface area contributed by atoms with E-state index in [4.69, 9.17) is 14.6 Å². The van der Waals surface area contributed by atoms with E-state index in [1.807, 2.05) is 19.1 Å². The van der Waals surface area contributed by atoms with Crippen molar-refractivity contribution < 1.29 is 19.4 Å². The largest absolute Gasteiger partial charge is 0.486 e. The van der Waals surface area contributed by atoms with Crippen LogP contribution in [-0.2, 0) is 11.3 Å². The number of aryl methyl sites for hydroxylation is 1. The molecular weight excluding hydrogens is 246 g/mol. The third-order valence-electron chi connectivity index (χ3n) is 3.06. The highest BCUT2D eigenvalue weighted by Crippen LogP contribution is 2.32. The lowest BCUT2D eigenvalue weighted by molar-refractivity contribution is -0.137. The van der Waals surface area contributed by atoms with Crippen LogP contribution >= 0.6 is 0 Å². The van der Waals surface area contributed by atoms with E-state index in [-0.39, 0.29) is 6.42 Å². The van der Waals surface area contributed by atoms with Crippen molar-refractivity contribution in [1.29, 1.82) is 0 Å². The maximum absolute atomic E-state index is 10.4. The van der Waals surface area contributed by atoms with E-state index >= 15 is 0 Å². The first-order valence-electron chi connectivity index (χ1n) is 6.48. The number of carbonyl (C=O) groups is 1. The van der Waals surface area contributed by atoms with Crippen LogP contribution in [0.5, 0.6) is 11.5 Å². The molecule has 0 amide bonds. The molecule has 2 rings (SSSR count). The van der Waals surface area contributed by atoms with E-state index in [0.717, 1.165) is 22.6 Å². The number of benzene rings is 1. The summed E-state index contributed by atoms with van der Waals surface area (Å²) in [5.41, 5.74) is 2.30. The first-order chi connectivity index (χ1) is 9.16. The lowest BCUT2D eigenvalue weighted by Crippen LogP contribution is -2.18. The van der Waals surface area contributed by atoms with Crippen LogP contribution in [0.2, 0.25) is 0 Å². The van der Waals surface area contributed by atoms with E-state index in [1.54, 1.807) is 0 Å². The molecule has 0 aliphatic carbocycles. The Morgan fingerprint density at radius 2 is 2.00 bits per heavy atom. The highest BCUT2D eigenvalue weighted by Gasteiger charge is 2.13. The summed E-state index contributed by atoms with van der Waals surface area (Å²) < 4.78 is 11.1. The lowest BCUT2D eigenvalue weighted by Gasteiger charge is -2.20. The van der Waals surface area contributed by atoms with Gasteiger partial charge in [0.1, 0.15) is 13.2 Å². The van der Waals surface area contributed by atoms with Gasteiger partial charge in [-0.2, -0.15) is 0 Å². The quantitative estimate of drug-likeness (QED) is 0.767. The number of carboxylic acid groups (broad SMARTS) is 1. The van der Waals surface area contributed by atoms with E-state index in [9.17, 15) is 4.79 Å². The second-order valence-corrected chi connectivity index (χ2v) is 4.60. The number of fused-ring (bicyclic) bond motifs is 1. The Bertz CT molecular complexity index is 459. The summed E-state index contributed by atoms with van der Waals surface area (Å²) in [6.07, 6.45) is 0.839. The molecule has 0 radical (unpaired) electrons. The van der Waals surface area contributed by atoms with Crippen LogP contribution in [0.4, 0.5) is 0 Å². The SMILES string of the molecule is Cc1cc2c(cc1CNCCCC(=O)O)OCCO2. The van der Waals surface area contributed by atoms with E-state index in [1.165, 1.54) is 0 Å². The molecule has 1 aliphatic rings. The molecule has 104 valence electrons. The molecule has 0 saturated carbocycles. The average Bonchev–Trinajstić information content (AvgIpc) is 2.38. The minimum atomic E-state index is -0.752. The molecule has 5 nitrogen and oxygen atoms in total. The molecule has 0 saturated heterocycles. The number of carboxylic acids is 1. The van der Waals surface area contributed by atoms with Crippen LogP contribution < -0.4 is 14.8 Å². The second kappa shape index (κ2) is 6.43. The summed E-state index contributed by atoms with van der Waals surface area (Å²) in [7, 11) is 0. The van der Waals surface area contributed by atoms with Gasteiger partial charge in [-0.1, -0.05) is 0 Å². The van der Waals surface area contributed by atoms with E-state index in [2.05, 4.69) is 5.32 Å². The predicted molar refractivity (Wildman–Crippen MR) is 70.7 cm³/mol. The highest BCUT2D eigenvalue weighted by atomic mass is 16.6. The zero-order chi connectivity index (χ0) is 13.7. The molecule has 1 aromatic rings. The Kier molecular flexibility index (Phi) is 4.63. The molecule has 0 spiro atoms. The number of ether oxygens (including phenoxy) is 2. The monoisotopic (exact) mass is 265 g/mol. The van der Waals surface area contributed by atoms with Gasteiger partial charge in [0, 0.05) is 13.0 Å². The van der Waals surface area contributed by atoms with E-state index in [0.29, 0.717) is 32.7 Å². The maximum Gasteiger partial charge on any atom is 0.303 e. The molecule has 0 unspecified atom stereocenters. The molecule has 1 heterocycles. The number of rotatable bonds is 6. The maximum atomic E-state index is 10.4. The first kappa shape index (κ1) is 13.7. The fourth-order valence-corrected chi connectivity index (χ4v) is 2.01.